The first-order chi connectivity index (χ1) is 15.8. The molecule has 0 radical (unpaired) electrons. The van der Waals surface area contributed by atoms with Crippen LogP contribution in [0.2, 0.25) is 0 Å². The molecule has 33 heavy (non-hydrogen) atoms. The van der Waals surface area contributed by atoms with E-state index in [-0.39, 0.29) is 16.3 Å². The van der Waals surface area contributed by atoms with Gasteiger partial charge in [-0.2, -0.15) is 11.3 Å². The van der Waals surface area contributed by atoms with Crippen molar-refractivity contribution in [3.8, 4) is 11.1 Å². The van der Waals surface area contributed by atoms with Crippen molar-refractivity contribution in [2.75, 3.05) is 15.4 Å². The van der Waals surface area contributed by atoms with E-state index in [4.69, 9.17) is 0 Å². The first kappa shape index (κ1) is 22.5. The van der Waals surface area contributed by atoms with Crippen molar-refractivity contribution in [3.05, 3.63) is 94.9 Å². The van der Waals surface area contributed by atoms with Gasteiger partial charge in [0.1, 0.15) is 5.82 Å². The van der Waals surface area contributed by atoms with Crippen LogP contribution in [0.1, 0.15) is 5.56 Å². The number of urea groups is 1. The smallest absolute Gasteiger partial charge is 0.307 e. The Balaban J connectivity index is 1.66. The van der Waals surface area contributed by atoms with E-state index in [0.29, 0.717) is 11.3 Å². The molecule has 6 nitrogen and oxygen atoms in total. The van der Waals surface area contributed by atoms with Crippen LogP contribution < -0.4 is 15.4 Å². The summed E-state index contributed by atoms with van der Waals surface area (Å²) in [5.41, 5.74) is 2.95. The van der Waals surface area contributed by atoms with Gasteiger partial charge in [-0.25, -0.2) is 17.6 Å². The van der Waals surface area contributed by atoms with Gasteiger partial charge in [0, 0.05) is 11.3 Å². The Hall–Kier alpha value is -3.69. The number of carbonyl (C=O) groups excluding carboxylic acids is 1. The topological polar surface area (TPSA) is 87.3 Å². The van der Waals surface area contributed by atoms with Gasteiger partial charge in [0.05, 0.1) is 16.3 Å². The molecule has 1 heterocycles. The number of carbonyl (C=O) groups is 1. The predicted octanol–water partition coefficient (Wildman–Crippen LogP) is 6.31. The number of aryl methyl sites for hydroxylation is 1. The Morgan fingerprint density at radius 1 is 0.909 bits per heavy atom. The molecule has 0 saturated heterocycles. The number of sulfonamides is 1. The summed E-state index contributed by atoms with van der Waals surface area (Å²) in [6.45, 7) is 1.78. The molecule has 9 heteroatoms. The number of benzene rings is 3. The first-order valence-corrected chi connectivity index (χ1v) is 12.3. The van der Waals surface area contributed by atoms with E-state index in [1.165, 1.54) is 35.6 Å². The Kier molecular flexibility index (Phi) is 6.43. The third-order valence-corrected chi connectivity index (χ3v) is 6.84. The molecule has 3 aromatic carbocycles. The van der Waals surface area contributed by atoms with Crippen LogP contribution >= 0.6 is 11.3 Å². The first-order valence-electron chi connectivity index (χ1n) is 9.90. The Morgan fingerprint density at radius 3 is 2.39 bits per heavy atom. The molecule has 168 valence electrons. The number of amides is 2. The number of hydrogen-bond donors (Lipinski definition) is 3. The van der Waals surface area contributed by atoms with Crippen LogP contribution in [-0.2, 0) is 10.0 Å². The van der Waals surface area contributed by atoms with E-state index < -0.39 is 21.9 Å². The molecular weight excluding hydrogens is 461 g/mol. The molecule has 0 aliphatic rings. The molecular formula is C24H20FN3O3S2. The molecule has 4 rings (SSSR count). The standard InChI is InChI=1S/C24H20FN3O3S2/c1-16-7-10-21(25)23(13-16)27-24(29)26-22-14-19(8-9-20(22)17-11-12-32-15-17)33(30,31)28-18-5-3-2-4-6-18/h2-15,28H,1H3,(H2,26,27,29). The van der Waals surface area contributed by atoms with Crippen molar-refractivity contribution in [1.29, 1.82) is 0 Å². The fourth-order valence-electron chi connectivity index (χ4n) is 3.19. The quantitative estimate of drug-likeness (QED) is 0.302. The number of anilines is 3. The average Bonchev–Trinajstić information content (AvgIpc) is 3.31. The highest BCUT2D eigenvalue weighted by molar-refractivity contribution is 7.92. The number of para-hydroxylation sites is 1. The summed E-state index contributed by atoms with van der Waals surface area (Å²) in [5.74, 6) is -0.572. The third-order valence-electron chi connectivity index (χ3n) is 4.78. The van der Waals surface area contributed by atoms with Crippen LogP contribution in [0.3, 0.4) is 0 Å². The van der Waals surface area contributed by atoms with Crippen molar-refractivity contribution in [2.24, 2.45) is 0 Å². The van der Waals surface area contributed by atoms with Gasteiger partial charge in [-0.3, -0.25) is 4.72 Å². The highest BCUT2D eigenvalue weighted by atomic mass is 32.2. The maximum Gasteiger partial charge on any atom is 0.323 e. The summed E-state index contributed by atoms with van der Waals surface area (Å²) in [6, 6.07) is 18.5. The lowest BCUT2D eigenvalue weighted by atomic mass is 10.1. The lowest BCUT2D eigenvalue weighted by molar-refractivity contribution is 0.262. The summed E-state index contributed by atoms with van der Waals surface area (Å²) in [6.07, 6.45) is 0. The summed E-state index contributed by atoms with van der Waals surface area (Å²) in [4.78, 5) is 12.6. The molecule has 0 bridgehead atoms. The summed E-state index contributed by atoms with van der Waals surface area (Å²) in [5, 5.41) is 8.91. The molecule has 0 aliphatic heterocycles. The van der Waals surface area contributed by atoms with E-state index in [1.807, 2.05) is 16.8 Å². The highest BCUT2D eigenvalue weighted by Crippen LogP contribution is 2.32. The number of hydrogen-bond acceptors (Lipinski definition) is 4. The maximum absolute atomic E-state index is 14.1. The van der Waals surface area contributed by atoms with Crippen molar-refractivity contribution in [3.63, 3.8) is 0 Å². The summed E-state index contributed by atoms with van der Waals surface area (Å²) < 4.78 is 42.4. The van der Waals surface area contributed by atoms with Gasteiger partial charge in [-0.05, 0) is 71.3 Å². The van der Waals surface area contributed by atoms with Gasteiger partial charge >= 0.3 is 6.03 Å². The van der Waals surface area contributed by atoms with Crippen molar-refractivity contribution in [1.82, 2.24) is 0 Å². The second kappa shape index (κ2) is 9.43. The minimum atomic E-state index is -3.91. The zero-order valence-electron chi connectivity index (χ0n) is 17.5. The molecule has 0 saturated carbocycles. The van der Waals surface area contributed by atoms with Crippen molar-refractivity contribution < 1.29 is 17.6 Å². The SMILES string of the molecule is Cc1ccc(F)c(NC(=O)Nc2cc(S(=O)(=O)Nc3ccccc3)ccc2-c2ccsc2)c1. The molecule has 0 aliphatic carbocycles. The maximum atomic E-state index is 14.1. The molecule has 0 spiro atoms. The molecule has 0 unspecified atom stereocenters. The fraction of sp³-hybridized carbons (Fsp3) is 0.0417. The predicted molar refractivity (Wildman–Crippen MR) is 131 cm³/mol. The number of thiophene rings is 1. The fourth-order valence-corrected chi connectivity index (χ4v) is 4.93. The molecule has 3 N–H and O–H groups in total. The van der Waals surface area contributed by atoms with Gasteiger partial charge < -0.3 is 10.6 Å². The normalized spacial score (nSPS) is 11.1. The molecule has 4 aromatic rings. The van der Waals surface area contributed by atoms with Gasteiger partial charge in [-0.15, -0.1) is 0 Å². The zero-order chi connectivity index (χ0) is 23.4. The van der Waals surface area contributed by atoms with Gasteiger partial charge in [0.25, 0.3) is 10.0 Å². The van der Waals surface area contributed by atoms with Gasteiger partial charge in [0.2, 0.25) is 0 Å². The van der Waals surface area contributed by atoms with Gasteiger partial charge in [-0.1, -0.05) is 30.3 Å². The molecule has 1 aromatic heterocycles. The molecule has 2 amide bonds. The van der Waals surface area contributed by atoms with E-state index in [2.05, 4.69) is 15.4 Å². The highest BCUT2D eigenvalue weighted by Gasteiger charge is 2.19. The lowest BCUT2D eigenvalue weighted by Crippen LogP contribution is -2.21. The number of rotatable bonds is 6. The van der Waals surface area contributed by atoms with E-state index in [9.17, 15) is 17.6 Å². The second-order valence-corrected chi connectivity index (χ2v) is 9.72. The Morgan fingerprint density at radius 2 is 1.67 bits per heavy atom. The largest absolute Gasteiger partial charge is 0.323 e. The van der Waals surface area contributed by atoms with Crippen LogP contribution in [0.5, 0.6) is 0 Å². The summed E-state index contributed by atoms with van der Waals surface area (Å²) in [7, 11) is -3.91. The van der Waals surface area contributed by atoms with E-state index in [0.717, 1.165) is 11.1 Å². The van der Waals surface area contributed by atoms with Crippen LogP contribution in [-0.4, -0.2) is 14.4 Å². The van der Waals surface area contributed by atoms with Crippen LogP contribution in [0, 0.1) is 12.7 Å². The van der Waals surface area contributed by atoms with Crippen molar-refractivity contribution in [2.45, 2.75) is 11.8 Å². The van der Waals surface area contributed by atoms with Crippen LogP contribution in [0.15, 0.2) is 88.5 Å². The Bertz CT molecular complexity index is 1390. The average molecular weight is 482 g/mol. The zero-order valence-corrected chi connectivity index (χ0v) is 19.1. The Labute approximate surface area is 195 Å². The van der Waals surface area contributed by atoms with Gasteiger partial charge in [0.15, 0.2) is 0 Å². The number of nitrogens with one attached hydrogen (secondary N) is 3. The monoisotopic (exact) mass is 481 g/mol. The minimum Gasteiger partial charge on any atom is -0.307 e. The summed E-state index contributed by atoms with van der Waals surface area (Å²) >= 11 is 1.47. The third kappa shape index (κ3) is 5.39. The molecule has 0 atom stereocenters. The van der Waals surface area contributed by atoms with E-state index >= 15 is 0 Å². The molecule has 0 fully saturated rings. The van der Waals surface area contributed by atoms with Crippen LogP contribution in [0.4, 0.5) is 26.2 Å². The van der Waals surface area contributed by atoms with Crippen molar-refractivity contribution >= 4 is 44.5 Å². The van der Waals surface area contributed by atoms with Crippen LogP contribution in [0.25, 0.3) is 11.1 Å². The van der Waals surface area contributed by atoms with E-state index in [1.54, 1.807) is 49.4 Å². The second-order valence-electron chi connectivity index (χ2n) is 7.25. The minimum absolute atomic E-state index is 0.0256. The lowest BCUT2D eigenvalue weighted by Gasteiger charge is -2.15. The number of halogens is 1.